The highest BCUT2D eigenvalue weighted by Crippen LogP contribution is 2.12. The highest BCUT2D eigenvalue weighted by atomic mass is 15.2. The van der Waals surface area contributed by atoms with Crippen LogP contribution in [0, 0.1) is 5.41 Å². The number of nitrogens with zero attached hydrogens (tertiary/aromatic N) is 4. The molecule has 0 bridgehead atoms. The van der Waals surface area contributed by atoms with E-state index in [4.69, 9.17) is 11.1 Å². The zero-order chi connectivity index (χ0) is 13.5. The lowest BCUT2D eigenvalue weighted by Gasteiger charge is -2.23. The van der Waals surface area contributed by atoms with Crippen LogP contribution in [0.25, 0.3) is 0 Å². The standard InChI is InChI=1S/C13H16N6/c14-12(15)3-7-19(13-9-17-5-6-18-13)10-11-2-1-4-16-8-11/h1-2,4-6,8-9H,3,7,10H2,(H3,14,15). The van der Waals surface area contributed by atoms with Crippen molar-refractivity contribution in [1.29, 1.82) is 5.41 Å². The first kappa shape index (κ1) is 12.9. The number of amidine groups is 1. The normalized spacial score (nSPS) is 10.1. The van der Waals surface area contributed by atoms with Gasteiger partial charge in [-0.2, -0.15) is 0 Å². The minimum absolute atomic E-state index is 0.167. The minimum atomic E-state index is 0.167. The third kappa shape index (κ3) is 4.02. The summed E-state index contributed by atoms with van der Waals surface area (Å²) in [6, 6.07) is 3.90. The summed E-state index contributed by atoms with van der Waals surface area (Å²) in [6.45, 7) is 1.29. The van der Waals surface area contributed by atoms with Gasteiger partial charge in [-0.1, -0.05) is 6.07 Å². The lowest BCUT2D eigenvalue weighted by atomic mass is 10.2. The van der Waals surface area contributed by atoms with Crippen molar-refractivity contribution in [2.75, 3.05) is 11.4 Å². The monoisotopic (exact) mass is 256 g/mol. The van der Waals surface area contributed by atoms with Gasteiger partial charge in [0.05, 0.1) is 12.0 Å². The summed E-state index contributed by atoms with van der Waals surface area (Å²) in [5, 5.41) is 7.33. The largest absolute Gasteiger partial charge is 0.388 e. The van der Waals surface area contributed by atoms with Crippen LogP contribution in [-0.2, 0) is 6.54 Å². The molecule has 0 aliphatic carbocycles. The van der Waals surface area contributed by atoms with Gasteiger partial charge in [-0.15, -0.1) is 0 Å². The van der Waals surface area contributed by atoms with E-state index >= 15 is 0 Å². The molecule has 3 N–H and O–H groups in total. The maximum Gasteiger partial charge on any atom is 0.147 e. The van der Waals surface area contributed by atoms with Crippen molar-refractivity contribution in [3.05, 3.63) is 48.7 Å². The molecule has 98 valence electrons. The Hall–Kier alpha value is -2.50. The third-order valence-electron chi connectivity index (χ3n) is 2.62. The predicted molar refractivity (Wildman–Crippen MR) is 73.9 cm³/mol. The molecule has 0 radical (unpaired) electrons. The van der Waals surface area contributed by atoms with E-state index in [0.29, 0.717) is 19.5 Å². The van der Waals surface area contributed by atoms with E-state index in [0.717, 1.165) is 11.4 Å². The SMILES string of the molecule is N=C(N)CCN(Cc1cccnc1)c1cnccn1. The van der Waals surface area contributed by atoms with Crippen molar-refractivity contribution in [1.82, 2.24) is 15.0 Å². The second-order valence-corrected chi connectivity index (χ2v) is 4.12. The first-order chi connectivity index (χ1) is 9.25. The fraction of sp³-hybridized carbons (Fsp3) is 0.231. The molecular weight excluding hydrogens is 240 g/mol. The Morgan fingerprint density at radius 3 is 2.68 bits per heavy atom. The van der Waals surface area contributed by atoms with Gasteiger partial charge in [-0.3, -0.25) is 15.4 Å². The van der Waals surface area contributed by atoms with Crippen LogP contribution in [0.5, 0.6) is 0 Å². The summed E-state index contributed by atoms with van der Waals surface area (Å²) in [7, 11) is 0. The smallest absolute Gasteiger partial charge is 0.147 e. The fourth-order valence-corrected chi connectivity index (χ4v) is 1.70. The van der Waals surface area contributed by atoms with Gasteiger partial charge in [0.15, 0.2) is 0 Å². The fourth-order valence-electron chi connectivity index (χ4n) is 1.70. The molecular formula is C13H16N6. The molecule has 0 aliphatic rings. The van der Waals surface area contributed by atoms with Gasteiger partial charge in [0, 0.05) is 44.3 Å². The third-order valence-corrected chi connectivity index (χ3v) is 2.62. The second-order valence-electron chi connectivity index (χ2n) is 4.12. The van der Waals surface area contributed by atoms with Crippen LogP contribution in [0.3, 0.4) is 0 Å². The maximum atomic E-state index is 7.33. The number of hydrogen-bond acceptors (Lipinski definition) is 5. The molecule has 6 heteroatoms. The van der Waals surface area contributed by atoms with E-state index in [1.54, 1.807) is 24.8 Å². The number of hydrogen-bond donors (Lipinski definition) is 2. The van der Waals surface area contributed by atoms with Crippen LogP contribution in [-0.4, -0.2) is 27.3 Å². The molecule has 2 heterocycles. The van der Waals surface area contributed by atoms with E-state index in [2.05, 4.69) is 15.0 Å². The summed E-state index contributed by atoms with van der Waals surface area (Å²) in [5.41, 5.74) is 6.50. The molecule has 2 aromatic heterocycles. The van der Waals surface area contributed by atoms with Crippen molar-refractivity contribution < 1.29 is 0 Å². The zero-order valence-corrected chi connectivity index (χ0v) is 10.5. The number of aromatic nitrogens is 3. The van der Waals surface area contributed by atoms with E-state index in [1.807, 2.05) is 23.2 Å². The Bertz CT molecular complexity index is 513. The first-order valence-corrected chi connectivity index (χ1v) is 5.98. The van der Waals surface area contributed by atoms with Crippen molar-refractivity contribution in [3.8, 4) is 0 Å². The molecule has 0 aromatic carbocycles. The molecule has 2 aromatic rings. The van der Waals surface area contributed by atoms with Gasteiger partial charge in [-0.05, 0) is 11.6 Å². The number of rotatable bonds is 6. The first-order valence-electron chi connectivity index (χ1n) is 5.98. The number of anilines is 1. The van der Waals surface area contributed by atoms with Crippen LogP contribution in [0.2, 0.25) is 0 Å². The molecule has 0 unspecified atom stereocenters. The summed E-state index contributed by atoms with van der Waals surface area (Å²) in [4.78, 5) is 14.5. The van der Waals surface area contributed by atoms with Gasteiger partial charge in [-0.25, -0.2) is 4.98 Å². The van der Waals surface area contributed by atoms with Gasteiger partial charge in [0.1, 0.15) is 5.82 Å². The predicted octanol–water partition coefficient (Wildman–Crippen LogP) is 1.20. The van der Waals surface area contributed by atoms with Crippen LogP contribution >= 0.6 is 0 Å². The average Bonchev–Trinajstić information content (AvgIpc) is 2.45. The molecule has 0 saturated heterocycles. The van der Waals surface area contributed by atoms with E-state index in [1.165, 1.54) is 0 Å². The van der Waals surface area contributed by atoms with E-state index in [-0.39, 0.29) is 5.84 Å². The second kappa shape index (κ2) is 6.44. The number of nitrogens with two attached hydrogens (primary N) is 1. The van der Waals surface area contributed by atoms with Gasteiger partial charge < -0.3 is 10.6 Å². The number of nitrogens with one attached hydrogen (secondary N) is 1. The summed E-state index contributed by atoms with van der Waals surface area (Å²) in [6.07, 6.45) is 9.05. The molecule has 0 fully saturated rings. The minimum Gasteiger partial charge on any atom is -0.388 e. The Kier molecular flexibility index (Phi) is 4.39. The summed E-state index contributed by atoms with van der Waals surface area (Å²) >= 11 is 0. The van der Waals surface area contributed by atoms with E-state index in [9.17, 15) is 0 Å². The van der Waals surface area contributed by atoms with Crippen molar-refractivity contribution in [2.45, 2.75) is 13.0 Å². The lowest BCUT2D eigenvalue weighted by molar-refractivity contribution is 0.780. The number of pyridine rings is 1. The maximum absolute atomic E-state index is 7.33. The van der Waals surface area contributed by atoms with Crippen molar-refractivity contribution in [3.63, 3.8) is 0 Å². The average molecular weight is 256 g/mol. The van der Waals surface area contributed by atoms with Crippen LogP contribution in [0.15, 0.2) is 43.1 Å². The topological polar surface area (TPSA) is 91.8 Å². The molecule has 0 amide bonds. The molecule has 2 rings (SSSR count). The van der Waals surface area contributed by atoms with E-state index < -0.39 is 0 Å². The Balaban J connectivity index is 2.12. The Morgan fingerprint density at radius 2 is 2.05 bits per heavy atom. The summed E-state index contributed by atoms with van der Waals surface area (Å²) < 4.78 is 0. The molecule has 19 heavy (non-hydrogen) atoms. The molecule has 0 atom stereocenters. The lowest BCUT2D eigenvalue weighted by Crippen LogP contribution is -2.28. The van der Waals surface area contributed by atoms with Crippen molar-refractivity contribution in [2.24, 2.45) is 5.73 Å². The highest BCUT2D eigenvalue weighted by Gasteiger charge is 2.09. The highest BCUT2D eigenvalue weighted by molar-refractivity contribution is 5.77. The Morgan fingerprint density at radius 1 is 1.21 bits per heavy atom. The van der Waals surface area contributed by atoms with Crippen LogP contribution in [0.1, 0.15) is 12.0 Å². The van der Waals surface area contributed by atoms with Crippen LogP contribution < -0.4 is 10.6 Å². The molecule has 0 spiro atoms. The zero-order valence-electron chi connectivity index (χ0n) is 10.5. The Labute approximate surface area is 111 Å². The summed E-state index contributed by atoms with van der Waals surface area (Å²) in [5.74, 6) is 0.938. The van der Waals surface area contributed by atoms with Gasteiger partial charge in [0.2, 0.25) is 0 Å². The van der Waals surface area contributed by atoms with Gasteiger partial charge in [0.25, 0.3) is 0 Å². The van der Waals surface area contributed by atoms with Crippen molar-refractivity contribution >= 4 is 11.7 Å². The molecule has 0 saturated carbocycles. The molecule has 0 aliphatic heterocycles. The quantitative estimate of drug-likeness (QED) is 0.598. The van der Waals surface area contributed by atoms with Gasteiger partial charge >= 0.3 is 0 Å². The molecule has 6 nitrogen and oxygen atoms in total. The van der Waals surface area contributed by atoms with Crippen LogP contribution in [0.4, 0.5) is 5.82 Å².